The lowest BCUT2D eigenvalue weighted by atomic mass is 9.94. The average Bonchev–Trinajstić information content (AvgIpc) is 2.08. The molecule has 1 saturated carbocycles. The highest BCUT2D eigenvalue weighted by molar-refractivity contribution is 4.87. The summed E-state index contributed by atoms with van der Waals surface area (Å²) < 4.78 is 0. The molecule has 2 heteroatoms. The minimum Gasteiger partial charge on any atom is -0.396 e. The van der Waals surface area contributed by atoms with Gasteiger partial charge in [0.15, 0.2) is 0 Å². The highest BCUT2D eigenvalue weighted by atomic mass is 16.3. The maximum absolute atomic E-state index is 9.49. The SMILES string of the molecule is C[C@]1(O)CCC[C@H]1CO. The van der Waals surface area contributed by atoms with Crippen LogP contribution in [-0.2, 0) is 0 Å². The molecule has 0 heterocycles. The van der Waals surface area contributed by atoms with Gasteiger partial charge in [0, 0.05) is 12.5 Å². The number of rotatable bonds is 1. The van der Waals surface area contributed by atoms with E-state index in [0.717, 1.165) is 19.3 Å². The molecule has 0 bridgehead atoms. The Morgan fingerprint density at radius 2 is 2.33 bits per heavy atom. The predicted molar refractivity (Wildman–Crippen MR) is 35.1 cm³/mol. The summed E-state index contributed by atoms with van der Waals surface area (Å²) in [6, 6.07) is 0. The van der Waals surface area contributed by atoms with Gasteiger partial charge in [-0.05, 0) is 19.8 Å². The third-order valence-corrected chi connectivity index (χ3v) is 2.34. The van der Waals surface area contributed by atoms with Crippen LogP contribution in [0.4, 0.5) is 0 Å². The van der Waals surface area contributed by atoms with Gasteiger partial charge in [-0.3, -0.25) is 0 Å². The number of hydrogen-bond acceptors (Lipinski definition) is 2. The van der Waals surface area contributed by atoms with Gasteiger partial charge in [0.2, 0.25) is 0 Å². The van der Waals surface area contributed by atoms with E-state index in [0.29, 0.717) is 0 Å². The number of aliphatic hydroxyl groups is 2. The third-order valence-electron chi connectivity index (χ3n) is 2.34. The van der Waals surface area contributed by atoms with Crippen LogP contribution in [0, 0.1) is 5.92 Å². The lowest BCUT2D eigenvalue weighted by Gasteiger charge is -2.22. The van der Waals surface area contributed by atoms with E-state index in [1.807, 2.05) is 0 Å². The van der Waals surface area contributed by atoms with Crippen molar-refractivity contribution in [3.05, 3.63) is 0 Å². The van der Waals surface area contributed by atoms with Crippen molar-refractivity contribution in [2.75, 3.05) is 6.61 Å². The van der Waals surface area contributed by atoms with Gasteiger partial charge in [0.05, 0.1) is 5.60 Å². The summed E-state index contributed by atoms with van der Waals surface area (Å²) in [5, 5.41) is 18.2. The molecular weight excluding hydrogens is 116 g/mol. The van der Waals surface area contributed by atoms with Crippen LogP contribution in [0.2, 0.25) is 0 Å². The minimum absolute atomic E-state index is 0.123. The largest absolute Gasteiger partial charge is 0.396 e. The van der Waals surface area contributed by atoms with Crippen molar-refractivity contribution in [2.45, 2.75) is 31.8 Å². The van der Waals surface area contributed by atoms with Crippen molar-refractivity contribution in [3.8, 4) is 0 Å². The van der Waals surface area contributed by atoms with Crippen molar-refractivity contribution < 1.29 is 10.2 Å². The van der Waals surface area contributed by atoms with Crippen LogP contribution in [0.1, 0.15) is 26.2 Å². The molecule has 0 aromatic carbocycles. The summed E-state index contributed by atoms with van der Waals surface area (Å²) in [7, 11) is 0. The van der Waals surface area contributed by atoms with Crippen LogP contribution in [-0.4, -0.2) is 22.4 Å². The fourth-order valence-corrected chi connectivity index (χ4v) is 1.51. The highest BCUT2D eigenvalue weighted by Crippen LogP contribution is 2.34. The molecule has 1 aliphatic carbocycles. The summed E-state index contributed by atoms with van der Waals surface area (Å²) >= 11 is 0. The Hall–Kier alpha value is -0.0800. The van der Waals surface area contributed by atoms with Gasteiger partial charge < -0.3 is 10.2 Å². The molecule has 0 aromatic rings. The van der Waals surface area contributed by atoms with Gasteiger partial charge in [-0.2, -0.15) is 0 Å². The Morgan fingerprint density at radius 1 is 1.67 bits per heavy atom. The van der Waals surface area contributed by atoms with Gasteiger partial charge in [-0.25, -0.2) is 0 Å². The second kappa shape index (κ2) is 2.27. The van der Waals surface area contributed by atoms with E-state index >= 15 is 0 Å². The zero-order valence-electron chi connectivity index (χ0n) is 5.80. The van der Waals surface area contributed by atoms with Crippen molar-refractivity contribution in [3.63, 3.8) is 0 Å². The lowest BCUT2D eigenvalue weighted by molar-refractivity contribution is -0.00179. The molecule has 0 aliphatic heterocycles. The smallest absolute Gasteiger partial charge is 0.0669 e. The van der Waals surface area contributed by atoms with E-state index in [1.54, 1.807) is 6.92 Å². The topological polar surface area (TPSA) is 40.5 Å². The summed E-state index contributed by atoms with van der Waals surface area (Å²) in [4.78, 5) is 0. The molecule has 0 unspecified atom stereocenters. The van der Waals surface area contributed by atoms with E-state index in [1.165, 1.54) is 0 Å². The molecule has 1 rings (SSSR count). The van der Waals surface area contributed by atoms with Crippen molar-refractivity contribution in [1.29, 1.82) is 0 Å². The summed E-state index contributed by atoms with van der Waals surface area (Å²) in [6.45, 7) is 1.94. The molecule has 2 atom stereocenters. The quantitative estimate of drug-likeness (QED) is 0.543. The molecule has 2 nitrogen and oxygen atoms in total. The first kappa shape index (κ1) is 7.03. The van der Waals surface area contributed by atoms with Crippen LogP contribution in [0.25, 0.3) is 0 Å². The number of hydrogen-bond donors (Lipinski definition) is 2. The Bertz CT molecular complexity index is 99.1. The Kier molecular flexibility index (Phi) is 1.78. The molecule has 0 amide bonds. The molecule has 1 fully saturated rings. The molecule has 0 saturated heterocycles. The fraction of sp³-hybridized carbons (Fsp3) is 1.00. The van der Waals surface area contributed by atoms with Crippen molar-refractivity contribution in [1.82, 2.24) is 0 Å². The Morgan fingerprint density at radius 3 is 2.56 bits per heavy atom. The standard InChI is InChI=1S/C7H14O2/c1-7(9)4-2-3-6(7)5-8/h6,8-9H,2-5H2,1H3/t6-,7-/m0/s1. The summed E-state index contributed by atoms with van der Waals surface area (Å²) in [5.74, 6) is 0.123. The van der Waals surface area contributed by atoms with E-state index in [2.05, 4.69) is 0 Å². The second-order valence-electron chi connectivity index (χ2n) is 3.13. The molecule has 9 heavy (non-hydrogen) atoms. The minimum atomic E-state index is -0.589. The average molecular weight is 130 g/mol. The van der Waals surface area contributed by atoms with Gasteiger partial charge in [-0.1, -0.05) is 6.42 Å². The maximum Gasteiger partial charge on any atom is 0.0669 e. The van der Waals surface area contributed by atoms with Crippen LogP contribution in [0.15, 0.2) is 0 Å². The monoisotopic (exact) mass is 130 g/mol. The molecule has 2 N–H and O–H groups in total. The van der Waals surface area contributed by atoms with E-state index in [4.69, 9.17) is 5.11 Å². The van der Waals surface area contributed by atoms with Gasteiger partial charge in [0.1, 0.15) is 0 Å². The zero-order chi connectivity index (χ0) is 6.91. The third kappa shape index (κ3) is 1.25. The molecular formula is C7H14O2. The molecule has 0 radical (unpaired) electrons. The molecule has 0 spiro atoms. The van der Waals surface area contributed by atoms with Crippen LogP contribution in [0.3, 0.4) is 0 Å². The van der Waals surface area contributed by atoms with Gasteiger partial charge >= 0.3 is 0 Å². The van der Waals surface area contributed by atoms with Crippen LogP contribution < -0.4 is 0 Å². The van der Waals surface area contributed by atoms with Crippen molar-refractivity contribution in [2.24, 2.45) is 5.92 Å². The predicted octanol–water partition coefficient (Wildman–Crippen LogP) is 0.530. The van der Waals surface area contributed by atoms with Crippen LogP contribution in [0.5, 0.6) is 0 Å². The second-order valence-corrected chi connectivity index (χ2v) is 3.13. The fourth-order valence-electron chi connectivity index (χ4n) is 1.51. The Balaban J connectivity index is 2.52. The first-order valence-corrected chi connectivity index (χ1v) is 3.50. The first-order valence-electron chi connectivity index (χ1n) is 3.50. The summed E-state index contributed by atoms with van der Waals surface area (Å²) in [5.41, 5.74) is -0.589. The summed E-state index contributed by atoms with van der Waals surface area (Å²) in [6.07, 6.45) is 2.87. The van der Waals surface area contributed by atoms with E-state index < -0.39 is 5.60 Å². The Labute approximate surface area is 55.5 Å². The van der Waals surface area contributed by atoms with E-state index in [-0.39, 0.29) is 12.5 Å². The zero-order valence-corrected chi connectivity index (χ0v) is 5.80. The first-order chi connectivity index (χ1) is 4.17. The normalized spacial score (nSPS) is 43.7. The molecule has 1 aliphatic rings. The maximum atomic E-state index is 9.49. The van der Waals surface area contributed by atoms with Gasteiger partial charge in [-0.15, -0.1) is 0 Å². The van der Waals surface area contributed by atoms with Crippen LogP contribution >= 0.6 is 0 Å². The highest BCUT2D eigenvalue weighted by Gasteiger charge is 2.35. The van der Waals surface area contributed by atoms with Crippen molar-refractivity contribution >= 4 is 0 Å². The lowest BCUT2D eigenvalue weighted by Crippen LogP contribution is -2.30. The molecule has 0 aromatic heterocycles. The molecule has 54 valence electrons. The van der Waals surface area contributed by atoms with Gasteiger partial charge in [0.25, 0.3) is 0 Å². The number of aliphatic hydroxyl groups excluding tert-OH is 1. The van der Waals surface area contributed by atoms with E-state index in [9.17, 15) is 5.11 Å².